The van der Waals surface area contributed by atoms with E-state index in [2.05, 4.69) is 107 Å². The number of ether oxygens (including phenoxy) is 2. The second-order valence-corrected chi connectivity index (χ2v) is 16.5. The lowest BCUT2D eigenvalue weighted by molar-refractivity contribution is -0.0681. The largest absolute Gasteiger partial charge is 0.379 e. The predicted octanol–water partition coefficient (Wildman–Crippen LogP) is 10.4. The van der Waals surface area contributed by atoms with Crippen LogP contribution in [0.1, 0.15) is 113 Å². The topological polar surface area (TPSA) is 24.9 Å². The summed E-state index contributed by atoms with van der Waals surface area (Å²) in [4.78, 5) is 4.79. The van der Waals surface area contributed by atoms with Gasteiger partial charge in [-0.05, 0) is 133 Å². The molecule has 2 aliphatic heterocycles. The third kappa shape index (κ3) is 5.84. The first kappa shape index (κ1) is 34.6. The molecule has 1 unspecified atom stereocenters. The number of nitrogens with zero attached hydrogens (tertiary/aromatic N) is 2. The van der Waals surface area contributed by atoms with Crippen LogP contribution in [0.15, 0.2) is 70.4 Å². The first-order valence-corrected chi connectivity index (χ1v) is 19.4. The van der Waals surface area contributed by atoms with E-state index in [-0.39, 0.29) is 10.8 Å². The van der Waals surface area contributed by atoms with Crippen LogP contribution in [-0.4, -0.2) is 39.6 Å². The number of fused-ring (bicyclic) bond motifs is 4. The summed E-state index contributed by atoms with van der Waals surface area (Å²) < 4.78 is 13.0. The molecule has 2 aromatic carbocycles. The van der Waals surface area contributed by atoms with E-state index >= 15 is 0 Å². The molecular formula is C44H57ClN2O2. The number of benzene rings is 2. The van der Waals surface area contributed by atoms with Gasteiger partial charge in [0.1, 0.15) is 0 Å². The Morgan fingerprint density at radius 3 is 2.08 bits per heavy atom. The van der Waals surface area contributed by atoms with E-state index in [1.54, 1.807) is 5.56 Å². The Morgan fingerprint density at radius 2 is 1.39 bits per heavy atom. The van der Waals surface area contributed by atoms with Gasteiger partial charge in [0.2, 0.25) is 0 Å². The van der Waals surface area contributed by atoms with Gasteiger partial charge in [-0.15, -0.1) is 0 Å². The van der Waals surface area contributed by atoms with Crippen LogP contribution in [0.4, 0.5) is 11.4 Å². The Labute approximate surface area is 300 Å². The van der Waals surface area contributed by atoms with Crippen LogP contribution in [-0.2, 0) is 46.0 Å². The number of likely N-dealkylation sites (N-methyl/N-ethyl adjacent to an activating group) is 2. The molecule has 0 fully saturated rings. The third-order valence-corrected chi connectivity index (χ3v) is 13.0. The first-order chi connectivity index (χ1) is 23.5. The maximum absolute atomic E-state index is 7.31. The minimum Gasteiger partial charge on any atom is -0.379 e. The van der Waals surface area contributed by atoms with Crippen molar-refractivity contribution in [1.82, 2.24) is 0 Å². The number of halogens is 1. The van der Waals surface area contributed by atoms with Crippen molar-refractivity contribution in [3.8, 4) is 0 Å². The molecule has 262 valence electrons. The molecule has 49 heavy (non-hydrogen) atoms. The minimum absolute atomic E-state index is 0.0514. The van der Waals surface area contributed by atoms with Gasteiger partial charge in [0, 0.05) is 53.6 Å². The molecule has 2 heterocycles. The van der Waals surface area contributed by atoms with Crippen LogP contribution in [0.2, 0.25) is 0 Å². The smallest absolute Gasteiger partial charge is 0.169 e. The first-order valence-electron chi connectivity index (χ1n) is 19.0. The molecule has 5 heteroatoms. The highest BCUT2D eigenvalue weighted by Gasteiger charge is 2.56. The number of allylic oxidation sites excluding steroid dienone is 7. The molecule has 2 aromatic rings. The van der Waals surface area contributed by atoms with Crippen molar-refractivity contribution >= 4 is 23.0 Å². The Balaban J connectivity index is 1.19. The van der Waals surface area contributed by atoms with E-state index in [4.69, 9.17) is 21.1 Å². The van der Waals surface area contributed by atoms with Gasteiger partial charge in [0.15, 0.2) is 5.72 Å². The van der Waals surface area contributed by atoms with Crippen LogP contribution >= 0.6 is 11.6 Å². The lowest BCUT2D eigenvalue weighted by atomic mass is 9.76. The zero-order valence-corrected chi connectivity index (χ0v) is 31.9. The van der Waals surface area contributed by atoms with E-state index in [1.807, 2.05) is 0 Å². The van der Waals surface area contributed by atoms with Crippen molar-refractivity contribution in [2.45, 2.75) is 122 Å². The average molecular weight is 681 g/mol. The molecule has 5 aliphatic rings. The molecule has 0 bridgehead atoms. The molecule has 4 nitrogen and oxygen atoms in total. The Bertz CT molecular complexity index is 1740. The number of unbranched alkanes of at least 4 members (excludes halogenated alkanes) is 1. The molecule has 0 saturated heterocycles. The molecule has 0 aromatic heterocycles. The number of hydrogen-bond donors (Lipinski definition) is 0. The number of rotatable bonds is 10. The summed E-state index contributed by atoms with van der Waals surface area (Å²) >= 11 is 7.31. The molecule has 0 saturated carbocycles. The summed E-state index contributed by atoms with van der Waals surface area (Å²) in [5.74, 6) is 0. The summed E-state index contributed by atoms with van der Waals surface area (Å²) in [5, 5.41) is 0.891. The summed E-state index contributed by atoms with van der Waals surface area (Å²) in [7, 11) is 4.44. The summed E-state index contributed by atoms with van der Waals surface area (Å²) in [6, 6.07) is 9.85. The van der Waals surface area contributed by atoms with Gasteiger partial charge in [-0.1, -0.05) is 76.9 Å². The maximum atomic E-state index is 7.31. The van der Waals surface area contributed by atoms with E-state index in [9.17, 15) is 0 Å². The van der Waals surface area contributed by atoms with Gasteiger partial charge in [-0.25, -0.2) is 0 Å². The maximum Gasteiger partial charge on any atom is 0.169 e. The predicted molar refractivity (Wildman–Crippen MR) is 206 cm³/mol. The van der Waals surface area contributed by atoms with Crippen LogP contribution in [0.5, 0.6) is 0 Å². The quantitative estimate of drug-likeness (QED) is 0.233. The van der Waals surface area contributed by atoms with Crippen LogP contribution in [0.25, 0.3) is 0 Å². The third-order valence-electron chi connectivity index (χ3n) is 12.5. The number of hydrogen-bond acceptors (Lipinski definition) is 4. The van der Waals surface area contributed by atoms with E-state index < -0.39 is 5.72 Å². The Morgan fingerprint density at radius 1 is 0.755 bits per heavy atom. The SMILES string of the molecule is CCCCOCCOC1(/C=C/C2=C(Cl)C(=C/C=C3\N(C)c4cc5c(cc4C3(C)C)CCC5)/CCC2)N(C)c2cc3c(cc2C1(C)C)CCC3. The monoisotopic (exact) mass is 680 g/mol. The van der Waals surface area contributed by atoms with Crippen LogP contribution in [0.3, 0.4) is 0 Å². The second-order valence-electron chi connectivity index (χ2n) is 16.1. The van der Waals surface area contributed by atoms with E-state index in [1.165, 1.54) is 94.6 Å². The standard InChI is InChI=1S/C44H57ClN2O2/c1-8-9-23-48-24-25-49-44(43(4,5)37-27-33-16-12-18-35(33)29-39(37)47(44)7)22-21-31-14-10-13-30(41(31)45)19-20-40-42(2,3)36-26-32-15-11-17-34(32)28-38(36)46(40)6/h19-22,26-29H,8-18,23-25H2,1-7H3/b22-21+,30-19+,40-20-. The van der Waals surface area contributed by atoms with Gasteiger partial charge >= 0.3 is 0 Å². The van der Waals surface area contributed by atoms with Crippen molar-refractivity contribution in [1.29, 1.82) is 0 Å². The molecular weight excluding hydrogens is 624 g/mol. The molecule has 0 spiro atoms. The number of aryl methyl sites for hydroxylation is 4. The number of anilines is 2. The Hall–Kier alpha value is -2.79. The lowest BCUT2D eigenvalue weighted by Crippen LogP contribution is -2.55. The highest BCUT2D eigenvalue weighted by atomic mass is 35.5. The van der Waals surface area contributed by atoms with Gasteiger partial charge in [0.25, 0.3) is 0 Å². The zero-order valence-electron chi connectivity index (χ0n) is 31.1. The normalized spacial score (nSPS) is 25.2. The minimum atomic E-state index is -0.658. The van der Waals surface area contributed by atoms with Gasteiger partial charge in [0.05, 0.1) is 13.2 Å². The van der Waals surface area contributed by atoms with Gasteiger partial charge < -0.3 is 19.3 Å². The van der Waals surface area contributed by atoms with Crippen molar-refractivity contribution < 1.29 is 9.47 Å². The summed E-state index contributed by atoms with van der Waals surface area (Å²) in [6.07, 6.45) is 21.8. The molecule has 1 atom stereocenters. The molecule has 0 radical (unpaired) electrons. The molecule has 0 amide bonds. The summed E-state index contributed by atoms with van der Waals surface area (Å²) in [5.41, 5.74) is 14.3. The molecule has 0 N–H and O–H groups in total. The zero-order chi connectivity index (χ0) is 34.6. The summed E-state index contributed by atoms with van der Waals surface area (Å²) in [6.45, 7) is 13.5. The second kappa shape index (κ2) is 13.4. The highest BCUT2D eigenvalue weighted by Crippen LogP contribution is 2.54. The van der Waals surface area contributed by atoms with E-state index in [0.29, 0.717) is 13.2 Å². The van der Waals surface area contributed by atoms with Crippen LogP contribution in [0, 0.1) is 0 Å². The molecule has 3 aliphatic carbocycles. The van der Waals surface area contributed by atoms with Crippen molar-refractivity contribution in [3.05, 3.63) is 104 Å². The fourth-order valence-electron chi connectivity index (χ4n) is 9.43. The van der Waals surface area contributed by atoms with Crippen LogP contribution < -0.4 is 9.80 Å². The fourth-order valence-corrected chi connectivity index (χ4v) is 9.74. The highest BCUT2D eigenvalue weighted by molar-refractivity contribution is 6.32. The fraction of sp³-hybridized carbons (Fsp3) is 0.545. The van der Waals surface area contributed by atoms with Crippen molar-refractivity contribution in [2.75, 3.05) is 43.7 Å². The Kier molecular flexibility index (Phi) is 9.47. The van der Waals surface area contributed by atoms with E-state index in [0.717, 1.165) is 43.7 Å². The lowest BCUT2D eigenvalue weighted by Gasteiger charge is -2.44. The van der Waals surface area contributed by atoms with Gasteiger partial charge in [-0.3, -0.25) is 0 Å². The average Bonchev–Trinajstić information content (AvgIpc) is 3.82. The van der Waals surface area contributed by atoms with Crippen molar-refractivity contribution in [3.63, 3.8) is 0 Å². The van der Waals surface area contributed by atoms with Crippen molar-refractivity contribution in [2.24, 2.45) is 0 Å². The molecule has 7 rings (SSSR count). The van der Waals surface area contributed by atoms with Gasteiger partial charge in [-0.2, -0.15) is 0 Å².